The second-order valence-corrected chi connectivity index (χ2v) is 4.62. The van der Waals surface area contributed by atoms with Crippen molar-refractivity contribution in [3.05, 3.63) is 48.5 Å². The highest BCUT2D eigenvalue weighted by Gasteiger charge is 2.13. The van der Waals surface area contributed by atoms with Gasteiger partial charge in [-0.1, -0.05) is 6.07 Å². The maximum Gasteiger partial charge on any atom is 0.220 e. The molecule has 0 fully saturated rings. The molecule has 0 aliphatic carbocycles. The van der Waals surface area contributed by atoms with Crippen molar-refractivity contribution >= 4 is 10.9 Å². The van der Waals surface area contributed by atoms with Crippen LogP contribution in [0.3, 0.4) is 0 Å². The third-order valence-corrected chi connectivity index (χ3v) is 3.24. The van der Waals surface area contributed by atoms with Crippen molar-refractivity contribution in [2.24, 2.45) is 0 Å². The summed E-state index contributed by atoms with van der Waals surface area (Å²) >= 11 is 0. The molecule has 0 saturated carbocycles. The predicted octanol–water partition coefficient (Wildman–Crippen LogP) is 3.75. The number of phenolic OH excluding ortho intramolecular Hbond substituents is 1. The number of hydrogen-bond acceptors (Lipinski definition) is 5. The van der Waals surface area contributed by atoms with Crippen LogP contribution in [0.5, 0.6) is 28.9 Å². The normalized spacial score (nSPS) is 10.5. The van der Waals surface area contributed by atoms with Crippen LogP contribution in [0.25, 0.3) is 10.9 Å². The molecule has 5 heteroatoms. The lowest BCUT2D eigenvalue weighted by Crippen LogP contribution is -1.95. The van der Waals surface area contributed by atoms with Crippen LogP contribution < -0.4 is 14.2 Å². The molecule has 0 saturated heterocycles. The van der Waals surface area contributed by atoms with Crippen molar-refractivity contribution in [2.75, 3.05) is 14.2 Å². The van der Waals surface area contributed by atoms with Gasteiger partial charge in [0.15, 0.2) is 11.5 Å². The molecule has 3 rings (SSSR count). The minimum absolute atomic E-state index is 0.203. The highest BCUT2D eigenvalue weighted by Crippen LogP contribution is 2.39. The van der Waals surface area contributed by atoms with Crippen molar-refractivity contribution < 1.29 is 19.3 Å². The first-order valence-corrected chi connectivity index (χ1v) is 6.70. The first-order chi connectivity index (χ1) is 10.7. The van der Waals surface area contributed by atoms with E-state index in [2.05, 4.69) is 4.98 Å². The Balaban J connectivity index is 2.01. The van der Waals surface area contributed by atoms with Crippen molar-refractivity contribution in [3.63, 3.8) is 0 Å². The van der Waals surface area contributed by atoms with Crippen LogP contribution in [0.15, 0.2) is 48.5 Å². The van der Waals surface area contributed by atoms with E-state index < -0.39 is 0 Å². The van der Waals surface area contributed by atoms with Crippen LogP contribution in [-0.2, 0) is 0 Å². The second-order valence-electron chi connectivity index (χ2n) is 4.62. The summed E-state index contributed by atoms with van der Waals surface area (Å²) in [6.07, 6.45) is 0. The predicted molar refractivity (Wildman–Crippen MR) is 83.0 cm³/mol. The van der Waals surface area contributed by atoms with Gasteiger partial charge >= 0.3 is 0 Å². The van der Waals surface area contributed by atoms with E-state index in [1.54, 1.807) is 50.6 Å². The topological polar surface area (TPSA) is 60.8 Å². The Morgan fingerprint density at radius 1 is 0.909 bits per heavy atom. The largest absolute Gasteiger partial charge is 0.508 e. The van der Waals surface area contributed by atoms with Gasteiger partial charge < -0.3 is 19.3 Å². The van der Waals surface area contributed by atoms with E-state index in [1.165, 1.54) is 0 Å². The monoisotopic (exact) mass is 297 g/mol. The summed E-state index contributed by atoms with van der Waals surface area (Å²) in [6, 6.07) is 13.9. The zero-order valence-electron chi connectivity index (χ0n) is 12.2. The van der Waals surface area contributed by atoms with Gasteiger partial charge in [0.25, 0.3) is 0 Å². The molecule has 5 nitrogen and oxygen atoms in total. The van der Waals surface area contributed by atoms with E-state index >= 15 is 0 Å². The van der Waals surface area contributed by atoms with Crippen LogP contribution in [0, 0.1) is 0 Å². The first kappa shape index (κ1) is 14.0. The molecule has 0 radical (unpaired) electrons. The average Bonchev–Trinajstić information content (AvgIpc) is 2.55. The lowest BCUT2D eigenvalue weighted by Gasteiger charge is -2.13. The number of aromatic nitrogens is 1. The summed E-state index contributed by atoms with van der Waals surface area (Å²) in [4.78, 5) is 4.42. The number of nitrogens with zero attached hydrogens (tertiary/aromatic N) is 1. The van der Waals surface area contributed by atoms with Crippen LogP contribution >= 0.6 is 0 Å². The minimum Gasteiger partial charge on any atom is -0.508 e. The summed E-state index contributed by atoms with van der Waals surface area (Å²) < 4.78 is 16.4. The molecule has 1 N–H and O–H groups in total. The van der Waals surface area contributed by atoms with Gasteiger partial charge in [-0.15, -0.1) is 0 Å². The fraction of sp³-hybridized carbons (Fsp3) is 0.118. The molecule has 0 spiro atoms. The van der Waals surface area contributed by atoms with E-state index in [0.29, 0.717) is 23.1 Å². The molecular formula is C17H15NO4. The Bertz CT molecular complexity index is 795. The third kappa shape index (κ3) is 2.61. The molecule has 1 aromatic heterocycles. The molecule has 3 aromatic rings. The Kier molecular flexibility index (Phi) is 3.70. The van der Waals surface area contributed by atoms with Crippen molar-refractivity contribution in [1.29, 1.82) is 0 Å². The van der Waals surface area contributed by atoms with Crippen molar-refractivity contribution in [1.82, 2.24) is 4.98 Å². The molecule has 0 aliphatic rings. The second kappa shape index (κ2) is 5.81. The molecule has 22 heavy (non-hydrogen) atoms. The van der Waals surface area contributed by atoms with E-state index in [4.69, 9.17) is 14.2 Å². The zero-order valence-corrected chi connectivity index (χ0v) is 12.2. The highest BCUT2D eigenvalue weighted by atomic mass is 16.5. The van der Waals surface area contributed by atoms with E-state index in [1.807, 2.05) is 12.1 Å². The smallest absolute Gasteiger partial charge is 0.220 e. The summed E-state index contributed by atoms with van der Waals surface area (Å²) in [6.45, 7) is 0. The molecular weight excluding hydrogens is 282 g/mol. The molecule has 0 amide bonds. The Morgan fingerprint density at radius 2 is 1.64 bits per heavy atom. The van der Waals surface area contributed by atoms with E-state index in [-0.39, 0.29) is 5.75 Å². The minimum atomic E-state index is 0.203. The molecule has 2 aromatic carbocycles. The standard InChI is InChI=1S/C17H15NO4/c1-20-14-4-3-5-15(21-2)17(14)22-16-9-6-11-10-12(19)7-8-13(11)18-16/h3-10,19H,1-2H3. The van der Waals surface area contributed by atoms with Crippen molar-refractivity contribution in [3.8, 4) is 28.9 Å². The zero-order chi connectivity index (χ0) is 15.5. The lowest BCUT2D eigenvalue weighted by atomic mass is 10.2. The van der Waals surface area contributed by atoms with E-state index in [0.717, 1.165) is 10.9 Å². The number of methoxy groups -OCH3 is 2. The first-order valence-electron chi connectivity index (χ1n) is 6.70. The summed E-state index contributed by atoms with van der Waals surface area (Å²) in [7, 11) is 3.14. The van der Waals surface area contributed by atoms with Gasteiger partial charge in [-0.3, -0.25) is 0 Å². The number of pyridine rings is 1. The van der Waals surface area contributed by atoms with Gasteiger partial charge in [0, 0.05) is 11.5 Å². The lowest BCUT2D eigenvalue weighted by molar-refractivity contribution is 0.342. The van der Waals surface area contributed by atoms with Gasteiger partial charge in [-0.2, -0.15) is 0 Å². The van der Waals surface area contributed by atoms with Crippen LogP contribution in [0.4, 0.5) is 0 Å². The van der Waals surface area contributed by atoms with Gasteiger partial charge in [-0.05, 0) is 36.4 Å². The number of fused-ring (bicyclic) bond motifs is 1. The van der Waals surface area contributed by atoms with Gasteiger partial charge in [0.1, 0.15) is 5.75 Å². The molecule has 0 bridgehead atoms. The molecule has 0 aliphatic heterocycles. The Hall–Kier alpha value is -2.95. The molecule has 0 unspecified atom stereocenters. The molecule has 112 valence electrons. The number of ether oxygens (including phenoxy) is 3. The quantitative estimate of drug-likeness (QED) is 0.794. The van der Waals surface area contributed by atoms with Crippen LogP contribution in [-0.4, -0.2) is 24.3 Å². The Morgan fingerprint density at radius 3 is 2.32 bits per heavy atom. The highest BCUT2D eigenvalue weighted by molar-refractivity contribution is 5.80. The molecule has 1 heterocycles. The van der Waals surface area contributed by atoms with Crippen molar-refractivity contribution in [2.45, 2.75) is 0 Å². The van der Waals surface area contributed by atoms with Gasteiger partial charge in [-0.25, -0.2) is 4.98 Å². The number of phenols is 1. The average molecular weight is 297 g/mol. The number of hydrogen-bond donors (Lipinski definition) is 1. The SMILES string of the molecule is COc1cccc(OC)c1Oc1ccc2cc(O)ccc2n1. The maximum absolute atomic E-state index is 9.48. The van der Waals surface area contributed by atoms with Gasteiger partial charge in [0.05, 0.1) is 19.7 Å². The summed E-state index contributed by atoms with van der Waals surface area (Å²) in [5.74, 6) is 2.22. The van der Waals surface area contributed by atoms with Crippen LogP contribution in [0.1, 0.15) is 0 Å². The summed E-state index contributed by atoms with van der Waals surface area (Å²) in [5, 5.41) is 10.3. The Labute approximate surface area is 127 Å². The van der Waals surface area contributed by atoms with E-state index in [9.17, 15) is 5.11 Å². The molecule has 0 atom stereocenters. The van der Waals surface area contributed by atoms with Crippen LogP contribution in [0.2, 0.25) is 0 Å². The number of para-hydroxylation sites is 1. The number of aromatic hydroxyl groups is 1. The fourth-order valence-corrected chi connectivity index (χ4v) is 2.17. The fourth-order valence-electron chi connectivity index (χ4n) is 2.17. The summed E-state index contributed by atoms with van der Waals surface area (Å²) in [5.41, 5.74) is 0.726. The third-order valence-electron chi connectivity index (χ3n) is 3.24. The van der Waals surface area contributed by atoms with Gasteiger partial charge in [0.2, 0.25) is 11.6 Å². The number of benzene rings is 2. The number of rotatable bonds is 4. The maximum atomic E-state index is 9.48.